The number of anilines is 1. The summed E-state index contributed by atoms with van der Waals surface area (Å²) < 4.78 is 5.42. The van der Waals surface area contributed by atoms with Gasteiger partial charge >= 0.3 is 6.09 Å². The van der Waals surface area contributed by atoms with Gasteiger partial charge in [0.05, 0.1) is 5.52 Å². The third-order valence-corrected chi connectivity index (χ3v) is 4.72. The zero-order chi connectivity index (χ0) is 17.9. The van der Waals surface area contributed by atoms with Crippen LogP contribution in [0, 0.1) is 6.92 Å². The second kappa shape index (κ2) is 7.04. The average Bonchev–Trinajstić information content (AvgIpc) is 2.69. The van der Waals surface area contributed by atoms with Crippen molar-refractivity contribution in [1.82, 2.24) is 9.88 Å². The van der Waals surface area contributed by atoms with E-state index in [1.807, 2.05) is 36.4 Å². The molecular weight excluding hydrogens is 326 g/mol. The summed E-state index contributed by atoms with van der Waals surface area (Å²) in [4.78, 5) is 21.1. The Morgan fingerprint density at radius 2 is 1.65 bits per heavy atom. The van der Waals surface area contributed by atoms with Gasteiger partial charge in [-0.25, -0.2) is 9.78 Å². The van der Waals surface area contributed by atoms with Crippen molar-refractivity contribution in [3.8, 4) is 5.75 Å². The van der Waals surface area contributed by atoms with Gasteiger partial charge in [0.1, 0.15) is 11.6 Å². The average molecular weight is 347 g/mol. The van der Waals surface area contributed by atoms with Gasteiger partial charge in [0.15, 0.2) is 0 Å². The van der Waals surface area contributed by atoms with E-state index in [4.69, 9.17) is 9.72 Å². The summed E-state index contributed by atoms with van der Waals surface area (Å²) in [6, 6.07) is 19.5. The van der Waals surface area contributed by atoms with Crippen molar-refractivity contribution in [3.63, 3.8) is 0 Å². The molecule has 4 rings (SSSR count). The van der Waals surface area contributed by atoms with E-state index in [9.17, 15) is 4.79 Å². The predicted molar refractivity (Wildman–Crippen MR) is 103 cm³/mol. The molecule has 5 heteroatoms. The topological polar surface area (TPSA) is 45.7 Å². The van der Waals surface area contributed by atoms with Gasteiger partial charge in [0.25, 0.3) is 0 Å². The van der Waals surface area contributed by atoms with Gasteiger partial charge in [-0.3, -0.25) is 0 Å². The molecule has 0 atom stereocenters. The molecule has 132 valence electrons. The molecule has 26 heavy (non-hydrogen) atoms. The van der Waals surface area contributed by atoms with Crippen LogP contribution in [0.5, 0.6) is 5.75 Å². The molecule has 1 aliphatic rings. The Labute approximate surface area is 152 Å². The molecule has 3 aromatic rings. The van der Waals surface area contributed by atoms with Crippen LogP contribution in [0.4, 0.5) is 10.6 Å². The van der Waals surface area contributed by atoms with Crippen molar-refractivity contribution in [2.45, 2.75) is 6.92 Å². The molecule has 2 aromatic carbocycles. The first-order valence-electron chi connectivity index (χ1n) is 8.84. The van der Waals surface area contributed by atoms with Gasteiger partial charge in [-0.2, -0.15) is 0 Å². The number of hydrogen-bond donors (Lipinski definition) is 0. The van der Waals surface area contributed by atoms with Crippen molar-refractivity contribution >= 4 is 22.8 Å². The quantitative estimate of drug-likeness (QED) is 0.706. The van der Waals surface area contributed by atoms with Crippen LogP contribution >= 0.6 is 0 Å². The number of piperazine rings is 1. The number of para-hydroxylation sites is 2. The molecule has 0 saturated carbocycles. The Balaban J connectivity index is 1.43. The van der Waals surface area contributed by atoms with E-state index < -0.39 is 0 Å². The summed E-state index contributed by atoms with van der Waals surface area (Å²) in [6.07, 6.45) is -0.293. The van der Waals surface area contributed by atoms with Crippen LogP contribution in [0.1, 0.15) is 5.56 Å². The first kappa shape index (κ1) is 16.4. The summed E-state index contributed by atoms with van der Waals surface area (Å²) in [6.45, 7) is 4.85. The number of amides is 1. The van der Waals surface area contributed by atoms with Gasteiger partial charge in [-0.05, 0) is 36.8 Å². The highest BCUT2D eigenvalue weighted by Crippen LogP contribution is 2.23. The molecule has 0 N–H and O–H groups in total. The highest BCUT2D eigenvalue weighted by atomic mass is 16.6. The number of ether oxygens (including phenoxy) is 1. The fourth-order valence-corrected chi connectivity index (χ4v) is 3.27. The highest BCUT2D eigenvalue weighted by molar-refractivity contribution is 5.83. The Morgan fingerprint density at radius 3 is 2.42 bits per heavy atom. The minimum Gasteiger partial charge on any atom is -0.410 e. The van der Waals surface area contributed by atoms with Gasteiger partial charge in [-0.15, -0.1) is 0 Å². The molecule has 0 spiro atoms. The Morgan fingerprint density at radius 1 is 0.962 bits per heavy atom. The summed E-state index contributed by atoms with van der Waals surface area (Å²) in [5.41, 5.74) is 2.23. The monoisotopic (exact) mass is 347 g/mol. The van der Waals surface area contributed by atoms with Crippen LogP contribution in [0.3, 0.4) is 0 Å². The number of rotatable bonds is 2. The fourth-order valence-electron chi connectivity index (χ4n) is 3.27. The first-order valence-corrected chi connectivity index (χ1v) is 8.84. The lowest BCUT2D eigenvalue weighted by atomic mass is 10.1. The highest BCUT2D eigenvalue weighted by Gasteiger charge is 2.23. The summed E-state index contributed by atoms with van der Waals surface area (Å²) in [7, 11) is 0. The minimum atomic E-state index is -0.293. The van der Waals surface area contributed by atoms with Crippen LogP contribution in [0.2, 0.25) is 0 Å². The normalized spacial score (nSPS) is 14.5. The smallest absolute Gasteiger partial charge is 0.410 e. The van der Waals surface area contributed by atoms with E-state index in [2.05, 4.69) is 24.0 Å². The number of hydrogen-bond acceptors (Lipinski definition) is 4. The van der Waals surface area contributed by atoms with Gasteiger partial charge in [0, 0.05) is 31.6 Å². The summed E-state index contributed by atoms with van der Waals surface area (Å²) in [5, 5.41) is 1.18. The Bertz CT molecular complexity index is 919. The Hall–Kier alpha value is -3.08. The number of pyridine rings is 1. The zero-order valence-electron chi connectivity index (χ0n) is 14.8. The molecule has 1 aromatic heterocycles. The maximum absolute atomic E-state index is 12.3. The van der Waals surface area contributed by atoms with Crippen molar-refractivity contribution in [2.24, 2.45) is 0 Å². The maximum Gasteiger partial charge on any atom is 0.415 e. The van der Waals surface area contributed by atoms with Crippen molar-refractivity contribution in [2.75, 3.05) is 31.1 Å². The maximum atomic E-state index is 12.3. The lowest BCUT2D eigenvalue weighted by Gasteiger charge is -2.35. The van der Waals surface area contributed by atoms with Crippen LogP contribution in [0.15, 0.2) is 60.7 Å². The first-order chi connectivity index (χ1) is 12.7. The van der Waals surface area contributed by atoms with Crippen molar-refractivity contribution in [1.29, 1.82) is 0 Å². The largest absolute Gasteiger partial charge is 0.415 e. The third-order valence-electron chi connectivity index (χ3n) is 4.72. The van der Waals surface area contributed by atoms with Crippen molar-refractivity contribution in [3.05, 3.63) is 66.2 Å². The Kier molecular flexibility index (Phi) is 4.44. The molecule has 0 unspecified atom stereocenters. The SMILES string of the molecule is Cc1cc(N2CCN(C(=O)Oc3ccccc3)CC2)nc2ccccc12. The lowest BCUT2D eigenvalue weighted by Crippen LogP contribution is -2.49. The number of carbonyl (C=O) groups is 1. The second-order valence-electron chi connectivity index (χ2n) is 6.47. The zero-order valence-corrected chi connectivity index (χ0v) is 14.8. The number of carbonyl (C=O) groups excluding carboxylic acids is 1. The van der Waals surface area contributed by atoms with E-state index in [-0.39, 0.29) is 6.09 Å². The number of aryl methyl sites for hydroxylation is 1. The molecule has 1 aliphatic heterocycles. The number of aromatic nitrogens is 1. The molecular formula is C21H21N3O2. The van der Waals surface area contributed by atoms with Crippen molar-refractivity contribution < 1.29 is 9.53 Å². The number of benzene rings is 2. The number of nitrogens with zero attached hydrogens (tertiary/aromatic N) is 3. The van der Waals surface area contributed by atoms with Gasteiger partial charge in [0.2, 0.25) is 0 Å². The molecule has 5 nitrogen and oxygen atoms in total. The van der Waals surface area contributed by atoms with E-state index in [1.165, 1.54) is 10.9 Å². The second-order valence-corrected chi connectivity index (χ2v) is 6.47. The van der Waals surface area contributed by atoms with Gasteiger partial charge in [-0.1, -0.05) is 36.4 Å². The van der Waals surface area contributed by atoms with E-state index in [0.29, 0.717) is 18.8 Å². The predicted octanol–water partition coefficient (Wildman–Crippen LogP) is 3.86. The molecule has 0 radical (unpaired) electrons. The summed E-state index contributed by atoms with van der Waals surface area (Å²) >= 11 is 0. The van der Waals surface area contributed by atoms with E-state index in [0.717, 1.165) is 24.4 Å². The van der Waals surface area contributed by atoms with Crippen LogP contribution in [-0.2, 0) is 0 Å². The number of fused-ring (bicyclic) bond motifs is 1. The molecule has 1 amide bonds. The molecule has 1 saturated heterocycles. The molecule has 1 fully saturated rings. The molecule has 0 bridgehead atoms. The van der Waals surface area contributed by atoms with E-state index >= 15 is 0 Å². The minimum absolute atomic E-state index is 0.293. The van der Waals surface area contributed by atoms with E-state index in [1.54, 1.807) is 17.0 Å². The fraction of sp³-hybridized carbons (Fsp3) is 0.238. The lowest BCUT2D eigenvalue weighted by molar-refractivity contribution is 0.149. The molecule has 2 heterocycles. The van der Waals surface area contributed by atoms with Crippen LogP contribution in [-0.4, -0.2) is 42.2 Å². The van der Waals surface area contributed by atoms with Crippen LogP contribution in [0.25, 0.3) is 10.9 Å². The molecule has 0 aliphatic carbocycles. The standard InChI is InChI=1S/C21H21N3O2/c1-16-15-20(22-19-10-6-5-9-18(16)19)23-11-13-24(14-12-23)21(25)26-17-7-3-2-4-8-17/h2-10,15H,11-14H2,1H3. The third kappa shape index (κ3) is 3.33. The van der Waals surface area contributed by atoms with Crippen LogP contribution < -0.4 is 9.64 Å². The summed E-state index contributed by atoms with van der Waals surface area (Å²) in [5.74, 6) is 1.55. The van der Waals surface area contributed by atoms with Gasteiger partial charge < -0.3 is 14.5 Å².